The molecule has 1 amide bonds. The number of anilines is 1. The average Bonchev–Trinajstić information content (AvgIpc) is 3.62. The van der Waals surface area contributed by atoms with Gasteiger partial charge in [-0.3, -0.25) is 4.90 Å². The SMILES string of the molecule is COc1ccc([C@H](Cc2c(Cl)c[n+]([O-])cc2Cl)c2cc(CN(C(=O)O[C@H]3CN4CCC3CC4)c3nn[nH]n3)ccc2C(=O)O)cc1OC. The van der Waals surface area contributed by atoms with E-state index in [1.54, 1.807) is 30.3 Å². The van der Waals surface area contributed by atoms with Crippen molar-refractivity contribution < 1.29 is 33.6 Å². The number of carbonyl (C=O) groups excluding carboxylic acids is 1. The number of carboxylic acid groups (broad SMARTS) is 1. The molecular weight excluding hydrogens is 665 g/mol. The number of hydrogen-bond acceptors (Lipinski definition) is 10. The molecule has 2 N–H and O–H groups in total. The van der Waals surface area contributed by atoms with E-state index in [1.807, 2.05) is 0 Å². The summed E-state index contributed by atoms with van der Waals surface area (Å²) in [6, 6.07) is 10.1. The summed E-state index contributed by atoms with van der Waals surface area (Å²) >= 11 is 13.0. The number of hydrogen-bond donors (Lipinski definition) is 2. The van der Waals surface area contributed by atoms with Crippen molar-refractivity contribution in [3.63, 3.8) is 0 Å². The normalized spacial score (nSPS) is 19.0. The van der Waals surface area contributed by atoms with E-state index >= 15 is 0 Å². The summed E-state index contributed by atoms with van der Waals surface area (Å²) in [6.45, 7) is 2.60. The lowest BCUT2D eigenvalue weighted by atomic mass is 9.82. The highest BCUT2D eigenvalue weighted by Gasteiger charge is 2.38. The van der Waals surface area contributed by atoms with Gasteiger partial charge in [-0.15, -0.1) is 5.10 Å². The van der Waals surface area contributed by atoms with Crippen LogP contribution in [0, 0.1) is 11.1 Å². The van der Waals surface area contributed by atoms with Gasteiger partial charge >= 0.3 is 12.1 Å². The van der Waals surface area contributed by atoms with Gasteiger partial charge in [-0.1, -0.05) is 46.5 Å². The summed E-state index contributed by atoms with van der Waals surface area (Å²) in [6.07, 6.45) is 3.52. The molecule has 0 spiro atoms. The molecule has 252 valence electrons. The lowest BCUT2D eigenvalue weighted by Crippen LogP contribution is -2.53. The summed E-state index contributed by atoms with van der Waals surface area (Å²) < 4.78 is 17.5. The van der Waals surface area contributed by atoms with Crippen molar-refractivity contribution in [2.24, 2.45) is 5.92 Å². The monoisotopic (exact) mass is 697 g/mol. The number of aromatic nitrogens is 5. The topological polar surface area (TPSA) is 170 Å². The molecule has 5 heterocycles. The maximum absolute atomic E-state index is 13.7. The van der Waals surface area contributed by atoms with Gasteiger partial charge in [0.2, 0.25) is 0 Å². The molecule has 3 fully saturated rings. The van der Waals surface area contributed by atoms with Gasteiger partial charge in [-0.05, 0) is 78.4 Å². The number of nitrogens with zero attached hydrogens (tertiary/aromatic N) is 6. The summed E-state index contributed by atoms with van der Waals surface area (Å²) in [7, 11) is 3.01. The Labute approximate surface area is 285 Å². The number of aromatic carboxylic acids is 1. The van der Waals surface area contributed by atoms with Crippen LogP contribution in [0.1, 0.15) is 51.4 Å². The van der Waals surface area contributed by atoms with E-state index in [2.05, 4.69) is 25.5 Å². The van der Waals surface area contributed by atoms with Crippen LogP contribution in [0.2, 0.25) is 10.0 Å². The molecule has 2 aromatic heterocycles. The number of H-pyrrole nitrogens is 1. The van der Waals surface area contributed by atoms with Gasteiger partial charge in [0.25, 0.3) is 5.95 Å². The molecule has 2 atom stereocenters. The van der Waals surface area contributed by atoms with Crippen LogP contribution < -0.4 is 19.1 Å². The average molecular weight is 699 g/mol. The first-order valence-electron chi connectivity index (χ1n) is 15.2. The van der Waals surface area contributed by atoms with Crippen LogP contribution in [0.4, 0.5) is 10.7 Å². The Bertz CT molecular complexity index is 1780. The number of benzene rings is 2. The van der Waals surface area contributed by atoms with Gasteiger partial charge in [-0.2, -0.15) is 9.94 Å². The van der Waals surface area contributed by atoms with Gasteiger partial charge in [0.15, 0.2) is 23.9 Å². The van der Waals surface area contributed by atoms with Crippen molar-refractivity contribution in [1.82, 2.24) is 25.5 Å². The molecule has 14 nitrogen and oxygen atoms in total. The lowest BCUT2D eigenvalue weighted by molar-refractivity contribution is -0.605. The Morgan fingerprint density at radius 1 is 1.10 bits per heavy atom. The third kappa shape index (κ3) is 6.96. The molecule has 48 heavy (non-hydrogen) atoms. The Kier molecular flexibility index (Phi) is 9.85. The minimum absolute atomic E-state index is 0.00958. The molecule has 3 aliphatic rings. The number of rotatable bonds is 11. The zero-order chi connectivity index (χ0) is 33.9. The predicted molar refractivity (Wildman–Crippen MR) is 174 cm³/mol. The maximum Gasteiger partial charge on any atom is 0.417 e. The van der Waals surface area contributed by atoms with Crippen LogP contribution >= 0.6 is 23.2 Å². The lowest BCUT2D eigenvalue weighted by Gasteiger charge is -2.44. The molecule has 0 saturated carbocycles. The van der Waals surface area contributed by atoms with Crippen LogP contribution in [-0.4, -0.2) is 82.7 Å². The molecule has 3 saturated heterocycles. The Morgan fingerprint density at radius 2 is 1.83 bits per heavy atom. The van der Waals surface area contributed by atoms with Crippen LogP contribution in [0.3, 0.4) is 0 Å². The first kappa shape index (κ1) is 33.2. The number of carboxylic acids is 1. The van der Waals surface area contributed by atoms with Crippen molar-refractivity contribution >= 4 is 41.2 Å². The zero-order valence-electron chi connectivity index (χ0n) is 26.1. The molecule has 3 aliphatic heterocycles. The van der Waals surface area contributed by atoms with Gasteiger partial charge in [0.1, 0.15) is 16.1 Å². The van der Waals surface area contributed by atoms with Gasteiger partial charge in [-0.25, -0.2) is 14.5 Å². The molecule has 7 rings (SSSR count). The van der Waals surface area contributed by atoms with Crippen molar-refractivity contribution in [2.45, 2.75) is 37.8 Å². The molecular formula is C32H33Cl2N7O7. The predicted octanol–water partition coefficient (Wildman–Crippen LogP) is 4.47. The maximum atomic E-state index is 13.7. The molecule has 16 heteroatoms. The fourth-order valence-electron chi connectivity index (χ4n) is 6.51. The molecule has 2 aromatic carbocycles. The number of nitrogens with one attached hydrogen (secondary N) is 1. The third-order valence-electron chi connectivity index (χ3n) is 8.98. The number of tetrazole rings is 1. The van der Waals surface area contributed by atoms with E-state index in [-0.39, 0.29) is 46.5 Å². The van der Waals surface area contributed by atoms with Crippen molar-refractivity contribution in [3.05, 3.63) is 91.9 Å². The van der Waals surface area contributed by atoms with Crippen molar-refractivity contribution in [2.75, 3.05) is 38.8 Å². The third-order valence-corrected chi connectivity index (χ3v) is 9.63. The Hall–Kier alpha value is -4.66. The highest BCUT2D eigenvalue weighted by atomic mass is 35.5. The molecule has 0 aliphatic carbocycles. The van der Waals surface area contributed by atoms with Crippen LogP contribution in [0.5, 0.6) is 11.5 Å². The number of fused-ring (bicyclic) bond motifs is 3. The number of halogens is 2. The fourth-order valence-corrected chi connectivity index (χ4v) is 7.11. The summed E-state index contributed by atoms with van der Waals surface area (Å²) in [5.41, 5.74) is 2.09. The molecule has 0 radical (unpaired) electrons. The quantitative estimate of drug-likeness (QED) is 0.167. The van der Waals surface area contributed by atoms with Crippen molar-refractivity contribution in [3.8, 4) is 11.5 Å². The highest BCUT2D eigenvalue weighted by Crippen LogP contribution is 2.39. The Morgan fingerprint density at radius 3 is 2.44 bits per heavy atom. The fraction of sp³-hybridized carbons (Fsp3) is 0.375. The number of amides is 1. The first-order valence-corrected chi connectivity index (χ1v) is 16.0. The number of carbonyl (C=O) groups is 2. The number of ether oxygens (including phenoxy) is 3. The van der Waals surface area contributed by atoms with E-state index in [0.717, 1.165) is 25.9 Å². The number of aromatic amines is 1. The molecule has 2 bridgehead atoms. The van der Waals surface area contributed by atoms with Gasteiger partial charge in [0, 0.05) is 18.0 Å². The van der Waals surface area contributed by atoms with E-state index < -0.39 is 18.0 Å². The number of pyridine rings is 1. The zero-order valence-corrected chi connectivity index (χ0v) is 27.6. The molecule has 0 unspecified atom stereocenters. The van der Waals surface area contributed by atoms with E-state index in [1.165, 1.54) is 37.6 Å². The van der Waals surface area contributed by atoms with Gasteiger partial charge < -0.3 is 24.5 Å². The first-order chi connectivity index (χ1) is 23.1. The summed E-state index contributed by atoms with van der Waals surface area (Å²) in [5.74, 6) is -0.632. The standard InChI is InChI=1S/C32H33Cl2N7O7/c1-46-27-6-4-20(12-28(27)47-2)22(13-24-25(33)15-40(45)16-26(24)34)23-11-18(3-5-21(23)30(42)43)14-41(31-35-37-38-36-31)32(44)48-29-17-39-9-7-19(29)8-10-39/h3-6,11-12,15-16,19,22,29H,7-10,13-14,17H2,1-2H3,(H,42,43)(H,35,36,37,38)/t22-,29-/m0/s1. The van der Waals surface area contributed by atoms with Crippen LogP contribution in [0.15, 0.2) is 48.8 Å². The Balaban J connectivity index is 1.40. The van der Waals surface area contributed by atoms with Crippen LogP contribution in [0.25, 0.3) is 0 Å². The number of methoxy groups -OCH3 is 2. The minimum Gasteiger partial charge on any atom is -0.619 e. The van der Waals surface area contributed by atoms with E-state index in [4.69, 9.17) is 37.4 Å². The number of piperidine rings is 3. The summed E-state index contributed by atoms with van der Waals surface area (Å²) in [4.78, 5) is 29.9. The van der Waals surface area contributed by atoms with Crippen molar-refractivity contribution in [1.29, 1.82) is 0 Å². The van der Waals surface area contributed by atoms with E-state index in [0.29, 0.717) is 45.0 Å². The molecule has 4 aromatic rings. The van der Waals surface area contributed by atoms with Gasteiger partial charge in [0.05, 0.1) is 26.3 Å². The summed E-state index contributed by atoms with van der Waals surface area (Å²) in [5, 5.41) is 36.7. The smallest absolute Gasteiger partial charge is 0.417 e. The second-order valence-electron chi connectivity index (χ2n) is 11.7. The second kappa shape index (κ2) is 14.2. The highest BCUT2D eigenvalue weighted by molar-refractivity contribution is 6.35. The largest absolute Gasteiger partial charge is 0.619 e. The van der Waals surface area contributed by atoms with E-state index in [9.17, 15) is 19.9 Å². The minimum atomic E-state index is -1.17. The van der Waals surface area contributed by atoms with Crippen LogP contribution in [-0.2, 0) is 17.7 Å². The second-order valence-corrected chi connectivity index (χ2v) is 12.6.